The molecule has 156 valence electrons. The summed E-state index contributed by atoms with van der Waals surface area (Å²) in [4.78, 5) is 12.3. The number of carbonyl (C=O) groups excluding carboxylic acids is 1. The summed E-state index contributed by atoms with van der Waals surface area (Å²) in [7, 11) is 0. The fourth-order valence-electron chi connectivity index (χ4n) is 3.46. The summed E-state index contributed by atoms with van der Waals surface area (Å²) in [6, 6.07) is 32.1. The van der Waals surface area contributed by atoms with Gasteiger partial charge in [0.25, 0.3) is 0 Å². The number of rotatable bonds is 9. The largest absolute Gasteiger partial charge is 0.494 e. The first-order chi connectivity index (χ1) is 15.3. The zero-order valence-corrected chi connectivity index (χ0v) is 17.4. The third kappa shape index (κ3) is 6.09. The molecule has 0 atom stereocenters. The van der Waals surface area contributed by atoms with Crippen LogP contribution in [0.4, 0.5) is 11.4 Å². The minimum atomic E-state index is -0.0931. The van der Waals surface area contributed by atoms with Crippen LogP contribution in [0.25, 0.3) is 10.8 Å². The molecule has 0 aliphatic rings. The van der Waals surface area contributed by atoms with Crippen molar-refractivity contribution in [3.8, 4) is 5.75 Å². The van der Waals surface area contributed by atoms with Crippen molar-refractivity contribution in [2.75, 3.05) is 23.8 Å². The minimum absolute atomic E-state index is 0.0931. The molecule has 0 heterocycles. The third-order valence-corrected chi connectivity index (χ3v) is 5.04. The number of amides is 1. The highest BCUT2D eigenvalue weighted by Gasteiger charge is 2.04. The average Bonchev–Trinajstić information content (AvgIpc) is 2.81. The fourth-order valence-corrected chi connectivity index (χ4v) is 3.46. The maximum absolute atomic E-state index is 12.3. The van der Waals surface area contributed by atoms with Crippen LogP contribution < -0.4 is 15.4 Å². The highest BCUT2D eigenvalue weighted by molar-refractivity contribution is 5.96. The molecule has 4 heteroatoms. The number of hydrogen-bond donors (Lipinski definition) is 2. The van der Waals surface area contributed by atoms with Crippen molar-refractivity contribution in [1.29, 1.82) is 0 Å². The van der Waals surface area contributed by atoms with Gasteiger partial charge >= 0.3 is 0 Å². The molecule has 0 fully saturated rings. The normalized spacial score (nSPS) is 10.6. The fraction of sp³-hybridized carbons (Fsp3) is 0.148. The summed E-state index contributed by atoms with van der Waals surface area (Å²) in [6.07, 6.45) is 1.95. The van der Waals surface area contributed by atoms with Gasteiger partial charge in [0.1, 0.15) is 5.75 Å². The molecule has 31 heavy (non-hydrogen) atoms. The van der Waals surface area contributed by atoms with Crippen LogP contribution in [0.15, 0.2) is 97.1 Å². The molecule has 4 aromatic rings. The molecule has 0 unspecified atom stereocenters. The Morgan fingerprint density at radius 1 is 0.742 bits per heavy atom. The molecule has 0 bridgehead atoms. The smallest absolute Gasteiger partial charge is 0.243 e. The van der Waals surface area contributed by atoms with Crippen LogP contribution in [0.5, 0.6) is 5.75 Å². The highest BCUT2D eigenvalue weighted by Crippen LogP contribution is 2.20. The Bertz CT molecular complexity index is 1140. The summed E-state index contributed by atoms with van der Waals surface area (Å²) in [6.45, 7) is 0.838. The molecule has 0 aliphatic heterocycles. The van der Waals surface area contributed by atoms with Crippen molar-refractivity contribution in [3.63, 3.8) is 0 Å². The van der Waals surface area contributed by atoms with Crippen LogP contribution >= 0.6 is 0 Å². The second kappa shape index (κ2) is 10.3. The van der Waals surface area contributed by atoms with Gasteiger partial charge in [0.05, 0.1) is 13.2 Å². The summed E-state index contributed by atoms with van der Waals surface area (Å²) in [5, 5.41) is 8.36. The first kappa shape index (κ1) is 20.5. The van der Waals surface area contributed by atoms with E-state index in [0.29, 0.717) is 6.61 Å². The van der Waals surface area contributed by atoms with Crippen molar-refractivity contribution in [2.45, 2.75) is 12.8 Å². The summed E-state index contributed by atoms with van der Waals surface area (Å²) in [5.74, 6) is 0.706. The quantitative estimate of drug-likeness (QED) is 0.338. The number of fused-ring (bicyclic) bond motifs is 1. The van der Waals surface area contributed by atoms with E-state index < -0.39 is 0 Å². The van der Waals surface area contributed by atoms with Crippen LogP contribution in [0.3, 0.4) is 0 Å². The number of ether oxygens (including phenoxy) is 1. The Morgan fingerprint density at radius 2 is 1.55 bits per heavy atom. The Balaban J connectivity index is 1.24. The van der Waals surface area contributed by atoms with E-state index in [1.165, 1.54) is 5.56 Å². The van der Waals surface area contributed by atoms with Crippen LogP contribution in [0.1, 0.15) is 12.0 Å². The van der Waals surface area contributed by atoms with E-state index in [1.54, 1.807) is 0 Å². The second-order valence-electron chi connectivity index (χ2n) is 7.43. The Hall–Kier alpha value is -3.79. The zero-order valence-electron chi connectivity index (χ0n) is 17.4. The summed E-state index contributed by atoms with van der Waals surface area (Å²) < 4.78 is 5.87. The van der Waals surface area contributed by atoms with Crippen LogP contribution in [-0.2, 0) is 11.2 Å². The Kier molecular flexibility index (Phi) is 6.81. The van der Waals surface area contributed by atoms with Gasteiger partial charge < -0.3 is 15.4 Å². The van der Waals surface area contributed by atoms with Crippen molar-refractivity contribution < 1.29 is 9.53 Å². The SMILES string of the molecule is O=C(CNc1cccc(OCCCc2ccccc2)c1)Nc1ccc2ccccc2c1. The predicted octanol–water partition coefficient (Wildman–Crippen LogP) is 5.90. The molecule has 0 saturated carbocycles. The molecule has 4 aromatic carbocycles. The van der Waals surface area contributed by atoms with Gasteiger partial charge in [0.15, 0.2) is 0 Å². The number of nitrogens with one attached hydrogen (secondary N) is 2. The van der Waals surface area contributed by atoms with Gasteiger partial charge in [-0.1, -0.05) is 66.7 Å². The van der Waals surface area contributed by atoms with Gasteiger partial charge in [-0.25, -0.2) is 0 Å². The summed E-state index contributed by atoms with van der Waals surface area (Å²) >= 11 is 0. The molecule has 0 radical (unpaired) electrons. The van der Waals surface area contributed by atoms with Gasteiger partial charge in [-0.05, 0) is 53.4 Å². The second-order valence-corrected chi connectivity index (χ2v) is 7.43. The lowest BCUT2D eigenvalue weighted by molar-refractivity contribution is -0.114. The first-order valence-electron chi connectivity index (χ1n) is 10.6. The maximum atomic E-state index is 12.3. The molecule has 4 nitrogen and oxygen atoms in total. The minimum Gasteiger partial charge on any atom is -0.494 e. The Morgan fingerprint density at radius 3 is 2.42 bits per heavy atom. The van der Waals surface area contributed by atoms with Crippen molar-refractivity contribution in [3.05, 3.63) is 103 Å². The molecule has 4 rings (SSSR count). The van der Waals surface area contributed by atoms with E-state index in [0.717, 1.165) is 40.7 Å². The highest BCUT2D eigenvalue weighted by atomic mass is 16.5. The lowest BCUT2D eigenvalue weighted by Gasteiger charge is -2.11. The van der Waals surface area contributed by atoms with E-state index in [4.69, 9.17) is 4.74 Å². The maximum Gasteiger partial charge on any atom is 0.243 e. The van der Waals surface area contributed by atoms with E-state index in [1.807, 2.05) is 66.7 Å². The van der Waals surface area contributed by atoms with E-state index in [2.05, 4.69) is 41.0 Å². The van der Waals surface area contributed by atoms with Gasteiger partial charge in [-0.3, -0.25) is 4.79 Å². The number of aryl methyl sites for hydroxylation is 1. The van der Waals surface area contributed by atoms with Gasteiger partial charge in [-0.2, -0.15) is 0 Å². The number of benzene rings is 4. The van der Waals surface area contributed by atoms with E-state index in [-0.39, 0.29) is 12.5 Å². The lowest BCUT2D eigenvalue weighted by Crippen LogP contribution is -2.21. The topological polar surface area (TPSA) is 50.4 Å². The lowest BCUT2D eigenvalue weighted by atomic mass is 10.1. The molecule has 2 N–H and O–H groups in total. The first-order valence-corrected chi connectivity index (χ1v) is 10.6. The number of anilines is 2. The zero-order chi connectivity index (χ0) is 21.3. The van der Waals surface area contributed by atoms with Crippen molar-refractivity contribution in [1.82, 2.24) is 0 Å². The molecule has 1 amide bonds. The molecular formula is C27H26N2O2. The van der Waals surface area contributed by atoms with Crippen molar-refractivity contribution in [2.24, 2.45) is 0 Å². The standard InChI is InChI=1S/C27H26N2O2/c30-27(29-25-16-15-22-11-4-5-12-23(22)18-25)20-28-24-13-6-14-26(19-24)31-17-7-10-21-8-2-1-3-9-21/h1-6,8-9,11-16,18-19,28H,7,10,17,20H2,(H,29,30). The van der Waals surface area contributed by atoms with Crippen LogP contribution in [0.2, 0.25) is 0 Å². The molecule has 0 saturated heterocycles. The average molecular weight is 411 g/mol. The van der Waals surface area contributed by atoms with E-state index in [9.17, 15) is 4.79 Å². The number of hydrogen-bond acceptors (Lipinski definition) is 3. The molecule has 0 aromatic heterocycles. The molecule has 0 aliphatic carbocycles. The summed E-state index contributed by atoms with van der Waals surface area (Å²) in [5.41, 5.74) is 2.97. The van der Waals surface area contributed by atoms with Gasteiger partial charge in [0.2, 0.25) is 5.91 Å². The van der Waals surface area contributed by atoms with E-state index >= 15 is 0 Å². The monoisotopic (exact) mass is 410 g/mol. The molecular weight excluding hydrogens is 384 g/mol. The van der Waals surface area contributed by atoms with Crippen molar-refractivity contribution >= 4 is 28.1 Å². The van der Waals surface area contributed by atoms with Crippen LogP contribution in [-0.4, -0.2) is 19.1 Å². The number of carbonyl (C=O) groups is 1. The predicted molar refractivity (Wildman–Crippen MR) is 128 cm³/mol. The van der Waals surface area contributed by atoms with Gasteiger partial charge in [0, 0.05) is 17.4 Å². The van der Waals surface area contributed by atoms with Gasteiger partial charge in [-0.15, -0.1) is 0 Å². The molecule has 0 spiro atoms. The Labute approximate surface area is 182 Å². The van der Waals surface area contributed by atoms with Crippen LogP contribution in [0, 0.1) is 0 Å². The third-order valence-electron chi connectivity index (χ3n) is 5.04.